The number of hydrogen-bond donors (Lipinski definition) is 0. The molecule has 0 N–H and O–H groups in total. The first-order chi connectivity index (χ1) is 13.3. The van der Waals surface area contributed by atoms with Gasteiger partial charge in [0.15, 0.2) is 0 Å². The second-order valence-corrected chi connectivity index (χ2v) is 7.36. The van der Waals surface area contributed by atoms with E-state index >= 15 is 0 Å². The fourth-order valence-corrected chi connectivity index (χ4v) is 4.55. The minimum Gasteiger partial charge on any atom is -0.474 e. The average Bonchev–Trinajstić information content (AvgIpc) is 2.98. The van der Waals surface area contributed by atoms with Gasteiger partial charge in [-0.05, 0) is 30.4 Å². The fraction of sp³-hybridized carbons (Fsp3) is 0.318. The Morgan fingerprint density at radius 2 is 1.70 bits per heavy atom. The summed E-state index contributed by atoms with van der Waals surface area (Å²) in [5.74, 6) is 0.716. The van der Waals surface area contributed by atoms with Gasteiger partial charge in [-0.3, -0.25) is 9.78 Å². The van der Waals surface area contributed by atoms with E-state index in [1.807, 2.05) is 48.5 Å². The van der Waals surface area contributed by atoms with Crippen LogP contribution >= 0.6 is 0 Å². The molecule has 1 aromatic carbocycles. The maximum Gasteiger partial charge on any atom is 0.273 e. The largest absolute Gasteiger partial charge is 0.474 e. The molecule has 0 saturated carbocycles. The van der Waals surface area contributed by atoms with Gasteiger partial charge in [0, 0.05) is 48.8 Å². The molecule has 2 aliphatic rings. The summed E-state index contributed by atoms with van der Waals surface area (Å²) in [6.45, 7) is 0. The van der Waals surface area contributed by atoms with Gasteiger partial charge in [0.25, 0.3) is 5.91 Å². The standard InChI is InChI=1S/C22H21N3O2/c26-22(21-19-6-2-1-5-15(19)10-12-24-21)25-16-8-9-17(25)14-18(13-16)27-20-7-3-4-11-23-20/h1-7,10-12,16-18H,8-9,13-14H2. The number of piperidine rings is 1. The summed E-state index contributed by atoms with van der Waals surface area (Å²) in [5.41, 5.74) is 0.564. The Morgan fingerprint density at radius 1 is 0.926 bits per heavy atom. The van der Waals surface area contributed by atoms with Crippen LogP contribution < -0.4 is 4.74 Å². The molecule has 2 atom stereocenters. The highest BCUT2D eigenvalue weighted by Gasteiger charge is 2.44. The summed E-state index contributed by atoms with van der Waals surface area (Å²) in [6.07, 6.45) is 7.35. The van der Waals surface area contributed by atoms with Gasteiger partial charge < -0.3 is 9.64 Å². The van der Waals surface area contributed by atoms with Gasteiger partial charge in [0.05, 0.1) is 0 Å². The van der Waals surface area contributed by atoms with E-state index in [-0.39, 0.29) is 24.1 Å². The molecule has 2 unspecified atom stereocenters. The van der Waals surface area contributed by atoms with Crippen LogP contribution in [0.3, 0.4) is 0 Å². The fourth-order valence-electron chi connectivity index (χ4n) is 4.55. The lowest BCUT2D eigenvalue weighted by Gasteiger charge is -2.38. The molecule has 4 heterocycles. The smallest absolute Gasteiger partial charge is 0.273 e. The molecular formula is C22H21N3O2. The molecule has 0 radical (unpaired) electrons. The molecule has 5 heteroatoms. The third kappa shape index (κ3) is 2.93. The van der Waals surface area contributed by atoms with Gasteiger partial charge in [-0.25, -0.2) is 4.98 Å². The minimum atomic E-state index is 0.0515. The van der Waals surface area contributed by atoms with Crippen LogP contribution in [0.25, 0.3) is 10.8 Å². The van der Waals surface area contributed by atoms with Crippen molar-refractivity contribution in [1.29, 1.82) is 0 Å². The van der Waals surface area contributed by atoms with Crippen LogP contribution in [0.4, 0.5) is 0 Å². The van der Waals surface area contributed by atoms with Crippen molar-refractivity contribution < 1.29 is 9.53 Å². The maximum absolute atomic E-state index is 13.3. The maximum atomic E-state index is 13.3. The number of ether oxygens (including phenoxy) is 1. The van der Waals surface area contributed by atoms with Crippen molar-refractivity contribution in [1.82, 2.24) is 14.9 Å². The zero-order chi connectivity index (χ0) is 18.2. The minimum absolute atomic E-state index is 0.0515. The number of hydrogen-bond acceptors (Lipinski definition) is 4. The van der Waals surface area contributed by atoms with Crippen LogP contribution in [0.2, 0.25) is 0 Å². The Labute approximate surface area is 158 Å². The highest BCUT2D eigenvalue weighted by Crippen LogP contribution is 2.38. The molecule has 0 spiro atoms. The Balaban J connectivity index is 1.38. The summed E-state index contributed by atoms with van der Waals surface area (Å²) in [5, 5.41) is 1.98. The van der Waals surface area contributed by atoms with Gasteiger partial charge in [0.1, 0.15) is 11.8 Å². The summed E-state index contributed by atoms with van der Waals surface area (Å²) >= 11 is 0. The van der Waals surface area contributed by atoms with E-state index in [9.17, 15) is 4.79 Å². The zero-order valence-corrected chi connectivity index (χ0v) is 15.0. The van der Waals surface area contributed by atoms with E-state index in [2.05, 4.69) is 14.9 Å². The highest BCUT2D eigenvalue weighted by molar-refractivity contribution is 6.05. The van der Waals surface area contributed by atoms with Crippen molar-refractivity contribution in [3.05, 3.63) is 66.6 Å². The molecule has 0 aliphatic carbocycles. The molecule has 2 saturated heterocycles. The number of pyridine rings is 2. The zero-order valence-electron chi connectivity index (χ0n) is 15.0. The molecule has 136 valence electrons. The first kappa shape index (κ1) is 16.2. The van der Waals surface area contributed by atoms with Gasteiger partial charge in [-0.15, -0.1) is 0 Å². The summed E-state index contributed by atoms with van der Waals surface area (Å²) in [6, 6.07) is 16.0. The lowest BCUT2D eigenvalue weighted by atomic mass is 9.98. The van der Waals surface area contributed by atoms with Crippen LogP contribution in [0.15, 0.2) is 60.9 Å². The van der Waals surface area contributed by atoms with E-state index in [1.54, 1.807) is 12.4 Å². The van der Waals surface area contributed by atoms with Crippen molar-refractivity contribution in [3.8, 4) is 5.88 Å². The quantitative estimate of drug-likeness (QED) is 0.713. The van der Waals surface area contributed by atoms with E-state index in [0.717, 1.165) is 36.5 Å². The van der Waals surface area contributed by atoms with Crippen molar-refractivity contribution in [2.24, 2.45) is 0 Å². The number of carbonyl (C=O) groups is 1. The number of benzene rings is 1. The van der Waals surface area contributed by atoms with Gasteiger partial charge >= 0.3 is 0 Å². The number of amides is 1. The van der Waals surface area contributed by atoms with Crippen molar-refractivity contribution in [2.45, 2.75) is 43.9 Å². The van der Waals surface area contributed by atoms with Crippen LogP contribution in [0.5, 0.6) is 5.88 Å². The molecule has 3 aromatic rings. The second kappa shape index (κ2) is 6.65. The van der Waals surface area contributed by atoms with Gasteiger partial charge in [-0.2, -0.15) is 0 Å². The Hall–Kier alpha value is -2.95. The van der Waals surface area contributed by atoms with Gasteiger partial charge in [0.2, 0.25) is 5.88 Å². The summed E-state index contributed by atoms with van der Waals surface area (Å²) in [7, 11) is 0. The first-order valence-corrected chi connectivity index (χ1v) is 9.54. The lowest BCUT2D eigenvalue weighted by Crippen LogP contribution is -2.49. The third-order valence-electron chi connectivity index (χ3n) is 5.73. The van der Waals surface area contributed by atoms with Crippen LogP contribution in [0, 0.1) is 0 Å². The predicted octanol–water partition coefficient (Wildman–Crippen LogP) is 3.84. The van der Waals surface area contributed by atoms with E-state index in [4.69, 9.17) is 4.74 Å². The van der Waals surface area contributed by atoms with Crippen LogP contribution in [-0.2, 0) is 0 Å². The molecule has 5 rings (SSSR count). The van der Waals surface area contributed by atoms with Crippen LogP contribution in [0.1, 0.15) is 36.2 Å². The molecule has 2 aromatic heterocycles. The topological polar surface area (TPSA) is 55.3 Å². The molecule has 2 aliphatic heterocycles. The molecular weight excluding hydrogens is 338 g/mol. The van der Waals surface area contributed by atoms with E-state index < -0.39 is 0 Å². The average molecular weight is 359 g/mol. The molecule has 2 bridgehead atoms. The van der Waals surface area contributed by atoms with Crippen molar-refractivity contribution in [3.63, 3.8) is 0 Å². The predicted molar refractivity (Wildman–Crippen MR) is 103 cm³/mol. The first-order valence-electron chi connectivity index (χ1n) is 9.54. The Morgan fingerprint density at radius 3 is 2.48 bits per heavy atom. The summed E-state index contributed by atoms with van der Waals surface area (Å²) in [4.78, 5) is 24.1. The van der Waals surface area contributed by atoms with Crippen molar-refractivity contribution in [2.75, 3.05) is 0 Å². The van der Waals surface area contributed by atoms with E-state index in [1.165, 1.54) is 0 Å². The molecule has 5 nitrogen and oxygen atoms in total. The second-order valence-electron chi connectivity index (χ2n) is 7.36. The number of aromatic nitrogens is 2. The van der Waals surface area contributed by atoms with Crippen molar-refractivity contribution >= 4 is 16.7 Å². The SMILES string of the molecule is O=C(c1nccc2ccccc12)N1C2CCC1CC(Oc1ccccn1)C2. The Kier molecular flexibility index (Phi) is 4.00. The normalized spacial score (nSPS) is 24.1. The molecule has 27 heavy (non-hydrogen) atoms. The summed E-state index contributed by atoms with van der Waals surface area (Å²) < 4.78 is 6.08. The third-order valence-corrected chi connectivity index (χ3v) is 5.73. The number of rotatable bonds is 3. The van der Waals surface area contributed by atoms with Crippen LogP contribution in [-0.4, -0.2) is 39.0 Å². The lowest BCUT2D eigenvalue weighted by molar-refractivity contribution is 0.0345. The number of fused-ring (bicyclic) bond motifs is 3. The van der Waals surface area contributed by atoms with Gasteiger partial charge in [-0.1, -0.05) is 30.3 Å². The number of carbonyl (C=O) groups excluding carboxylic acids is 1. The molecule has 1 amide bonds. The Bertz CT molecular complexity index is 956. The highest BCUT2D eigenvalue weighted by atomic mass is 16.5. The molecule has 2 fully saturated rings. The van der Waals surface area contributed by atoms with E-state index in [0.29, 0.717) is 11.6 Å². The number of nitrogens with zero attached hydrogens (tertiary/aromatic N) is 3. The monoisotopic (exact) mass is 359 g/mol.